The van der Waals surface area contributed by atoms with E-state index in [1.165, 1.54) is 5.69 Å². The fourth-order valence-corrected chi connectivity index (χ4v) is 1.82. The molecule has 0 amide bonds. The van der Waals surface area contributed by atoms with E-state index in [4.69, 9.17) is 0 Å². The summed E-state index contributed by atoms with van der Waals surface area (Å²) in [7, 11) is 1.97. The lowest BCUT2D eigenvalue weighted by Crippen LogP contribution is -2.20. The van der Waals surface area contributed by atoms with Crippen molar-refractivity contribution in [1.29, 1.82) is 0 Å². The lowest BCUT2D eigenvalue weighted by Gasteiger charge is -2.12. The van der Waals surface area contributed by atoms with Gasteiger partial charge in [-0.3, -0.25) is 9.67 Å². The van der Waals surface area contributed by atoms with Crippen LogP contribution in [0.4, 0.5) is 0 Å². The third kappa shape index (κ3) is 2.91. The van der Waals surface area contributed by atoms with Gasteiger partial charge in [-0.1, -0.05) is 6.07 Å². The van der Waals surface area contributed by atoms with Gasteiger partial charge in [-0.25, -0.2) is 0 Å². The average Bonchev–Trinajstić information content (AvgIpc) is 2.66. The number of pyridine rings is 1. The van der Waals surface area contributed by atoms with E-state index in [0.717, 1.165) is 17.9 Å². The summed E-state index contributed by atoms with van der Waals surface area (Å²) < 4.78 is 1.91. The van der Waals surface area contributed by atoms with Crippen LogP contribution in [0.25, 0.3) is 0 Å². The first-order valence-corrected chi connectivity index (χ1v) is 5.80. The van der Waals surface area contributed by atoms with Gasteiger partial charge in [0.2, 0.25) is 0 Å². The van der Waals surface area contributed by atoms with Crippen LogP contribution in [-0.2, 0) is 13.6 Å². The van der Waals surface area contributed by atoms with Gasteiger partial charge in [0.15, 0.2) is 0 Å². The minimum Gasteiger partial charge on any atom is -0.303 e. The Morgan fingerprint density at radius 2 is 2.24 bits per heavy atom. The molecule has 4 nitrogen and oxygen atoms in total. The van der Waals surface area contributed by atoms with Gasteiger partial charge in [0.05, 0.1) is 17.1 Å². The number of hydrogen-bond donors (Lipinski definition) is 1. The highest BCUT2D eigenvalue weighted by Gasteiger charge is 2.07. The summed E-state index contributed by atoms with van der Waals surface area (Å²) in [5.41, 5.74) is 3.30. The van der Waals surface area contributed by atoms with E-state index in [-0.39, 0.29) is 6.04 Å². The number of hydrogen-bond acceptors (Lipinski definition) is 3. The number of nitrogens with one attached hydrogen (secondary N) is 1. The van der Waals surface area contributed by atoms with Crippen LogP contribution in [0.5, 0.6) is 0 Å². The molecule has 0 aliphatic carbocycles. The van der Waals surface area contributed by atoms with Gasteiger partial charge in [0.1, 0.15) is 0 Å². The van der Waals surface area contributed by atoms with Crippen LogP contribution in [0.3, 0.4) is 0 Å². The second kappa shape index (κ2) is 5.10. The van der Waals surface area contributed by atoms with Crippen LogP contribution in [0, 0.1) is 6.92 Å². The normalized spacial score (nSPS) is 12.6. The molecule has 0 spiro atoms. The van der Waals surface area contributed by atoms with Crippen LogP contribution in [0.1, 0.15) is 30.0 Å². The maximum Gasteiger partial charge on any atom is 0.0597 e. The van der Waals surface area contributed by atoms with E-state index >= 15 is 0 Å². The van der Waals surface area contributed by atoms with Gasteiger partial charge in [-0.15, -0.1) is 0 Å². The fourth-order valence-electron chi connectivity index (χ4n) is 1.82. The molecule has 0 aromatic carbocycles. The molecule has 0 saturated carbocycles. The molecule has 0 bridgehead atoms. The predicted molar refractivity (Wildman–Crippen MR) is 67.4 cm³/mol. The van der Waals surface area contributed by atoms with Crippen molar-refractivity contribution in [2.75, 3.05) is 0 Å². The standard InChI is InChI=1S/C13H18N4/c1-10-8-12(17(3)16-10)9-15-11(2)13-6-4-5-7-14-13/h4-8,11,15H,9H2,1-3H3/t11-/m1/s1. The Kier molecular flexibility index (Phi) is 3.54. The summed E-state index contributed by atoms with van der Waals surface area (Å²) >= 11 is 0. The molecule has 0 fully saturated rings. The molecule has 0 unspecified atom stereocenters. The zero-order chi connectivity index (χ0) is 12.3. The fraction of sp³-hybridized carbons (Fsp3) is 0.385. The molecule has 1 N–H and O–H groups in total. The Morgan fingerprint density at radius 3 is 2.82 bits per heavy atom. The Morgan fingerprint density at radius 1 is 1.41 bits per heavy atom. The SMILES string of the molecule is Cc1cc(CN[C@H](C)c2ccccn2)n(C)n1. The van der Waals surface area contributed by atoms with Crippen molar-refractivity contribution in [2.24, 2.45) is 7.05 Å². The second-order valence-electron chi connectivity index (χ2n) is 4.26. The summed E-state index contributed by atoms with van der Waals surface area (Å²) in [4.78, 5) is 4.33. The molecule has 90 valence electrons. The summed E-state index contributed by atoms with van der Waals surface area (Å²) in [6, 6.07) is 8.31. The Bertz CT molecular complexity index is 475. The van der Waals surface area contributed by atoms with Gasteiger partial charge in [-0.05, 0) is 32.0 Å². The third-order valence-electron chi connectivity index (χ3n) is 2.82. The smallest absolute Gasteiger partial charge is 0.0597 e. The zero-order valence-corrected chi connectivity index (χ0v) is 10.5. The monoisotopic (exact) mass is 230 g/mol. The molecule has 2 heterocycles. The maximum absolute atomic E-state index is 4.33. The third-order valence-corrected chi connectivity index (χ3v) is 2.82. The van der Waals surface area contributed by atoms with Gasteiger partial charge < -0.3 is 5.32 Å². The maximum atomic E-state index is 4.33. The highest BCUT2D eigenvalue weighted by atomic mass is 15.3. The van der Waals surface area contributed by atoms with Crippen LogP contribution in [0.2, 0.25) is 0 Å². The minimum atomic E-state index is 0.242. The van der Waals surface area contributed by atoms with Crippen LogP contribution in [-0.4, -0.2) is 14.8 Å². The van der Waals surface area contributed by atoms with Gasteiger partial charge in [0.25, 0.3) is 0 Å². The zero-order valence-electron chi connectivity index (χ0n) is 10.5. The van der Waals surface area contributed by atoms with Crippen molar-refractivity contribution in [3.05, 3.63) is 47.5 Å². The van der Waals surface area contributed by atoms with Crippen molar-refractivity contribution >= 4 is 0 Å². The molecule has 0 aliphatic heterocycles. The first-order valence-electron chi connectivity index (χ1n) is 5.80. The summed E-state index contributed by atoms with van der Waals surface area (Å²) in [5.74, 6) is 0. The summed E-state index contributed by atoms with van der Waals surface area (Å²) in [5, 5.41) is 7.77. The Balaban J connectivity index is 1.97. The molecule has 0 saturated heterocycles. The van der Waals surface area contributed by atoms with Crippen molar-refractivity contribution in [1.82, 2.24) is 20.1 Å². The van der Waals surface area contributed by atoms with Gasteiger partial charge in [0, 0.05) is 25.8 Å². The van der Waals surface area contributed by atoms with Gasteiger partial charge in [-0.2, -0.15) is 5.10 Å². The van der Waals surface area contributed by atoms with Crippen molar-refractivity contribution in [3.63, 3.8) is 0 Å². The molecular weight excluding hydrogens is 212 g/mol. The minimum absolute atomic E-state index is 0.242. The highest BCUT2D eigenvalue weighted by Crippen LogP contribution is 2.09. The molecule has 1 atom stereocenters. The lowest BCUT2D eigenvalue weighted by atomic mass is 10.2. The van der Waals surface area contributed by atoms with Gasteiger partial charge >= 0.3 is 0 Å². The van der Waals surface area contributed by atoms with Crippen molar-refractivity contribution in [2.45, 2.75) is 26.4 Å². The molecule has 2 aromatic heterocycles. The Labute approximate surface area is 102 Å². The molecule has 2 aromatic rings. The number of nitrogens with zero attached hydrogens (tertiary/aromatic N) is 3. The van der Waals surface area contributed by atoms with Crippen LogP contribution in [0.15, 0.2) is 30.5 Å². The van der Waals surface area contributed by atoms with E-state index in [2.05, 4.69) is 28.4 Å². The first-order chi connectivity index (χ1) is 8.16. The predicted octanol–water partition coefficient (Wildman–Crippen LogP) is 1.97. The first kappa shape index (κ1) is 11.8. The second-order valence-corrected chi connectivity index (χ2v) is 4.26. The van der Waals surface area contributed by atoms with E-state index < -0.39 is 0 Å². The van der Waals surface area contributed by atoms with E-state index in [0.29, 0.717) is 0 Å². The van der Waals surface area contributed by atoms with Crippen molar-refractivity contribution in [3.8, 4) is 0 Å². The molecule has 0 aliphatic rings. The molecule has 2 rings (SSSR count). The average molecular weight is 230 g/mol. The number of aryl methyl sites for hydroxylation is 2. The van der Waals surface area contributed by atoms with Crippen LogP contribution >= 0.6 is 0 Å². The topological polar surface area (TPSA) is 42.7 Å². The van der Waals surface area contributed by atoms with E-state index in [9.17, 15) is 0 Å². The summed E-state index contributed by atoms with van der Waals surface area (Å²) in [6.07, 6.45) is 1.82. The molecule has 0 radical (unpaired) electrons. The molecule has 17 heavy (non-hydrogen) atoms. The largest absolute Gasteiger partial charge is 0.303 e. The van der Waals surface area contributed by atoms with E-state index in [1.54, 1.807) is 0 Å². The Hall–Kier alpha value is -1.68. The quantitative estimate of drug-likeness (QED) is 0.873. The van der Waals surface area contributed by atoms with E-state index in [1.807, 2.05) is 43.0 Å². The lowest BCUT2D eigenvalue weighted by molar-refractivity contribution is 0.538. The number of aromatic nitrogens is 3. The highest BCUT2D eigenvalue weighted by molar-refractivity contribution is 5.10. The summed E-state index contributed by atoms with van der Waals surface area (Å²) in [6.45, 7) is 4.92. The molecule has 4 heteroatoms. The van der Waals surface area contributed by atoms with Crippen LogP contribution < -0.4 is 5.32 Å². The number of rotatable bonds is 4. The molecular formula is C13H18N4. The van der Waals surface area contributed by atoms with Crippen molar-refractivity contribution < 1.29 is 0 Å².